The lowest BCUT2D eigenvalue weighted by molar-refractivity contribution is 0.435. The van der Waals surface area contributed by atoms with E-state index in [-0.39, 0.29) is 29.5 Å². The van der Waals surface area contributed by atoms with Gasteiger partial charge in [0.15, 0.2) is 9.84 Å². The number of thiophene rings is 1. The molecule has 0 saturated carbocycles. The lowest BCUT2D eigenvalue weighted by atomic mass is 10.4. The van der Waals surface area contributed by atoms with E-state index in [4.69, 9.17) is 0 Å². The van der Waals surface area contributed by atoms with Crippen LogP contribution in [0.1, 0.15) is 18.2 Å². The van der Waals surface area contributed by atoms with E-state index < -0.39 is 19.9 Å². The maximum Gasteiger partial charge on any atom is 0.243 e. The molecule has 21 heavy (non-hydrogen) atoms. The third-order valence-corrected chi connectivity index (χ3v) is 8.01. The smallest absolute Gasteiger partial charge is 0.243 e. The fourth-order valence-corrected chi connectivity index (χ4v) is 6.24. The van der Waals surface area contributed by atoms with Crippen LogP contribution in [0, 0.1) is 0 Å². The van der Waals surface area contributed by atoms with Crippen molar-refractivity contribution in [1.29, 1.82) is 0 Å². The number of nitrogens with zero attached hydrogens (tertiary/aromatic N) is 1. The SMILES string of the molecule is CCNCc1cc(S(=O)(=O)N2CCCS(=O)(=O)CC2)cs1. The van der Waals surface area contributed by atoms with E-state index in [1.165, 1.54) is 15.6 Å². The molecule has 1 N–H and O–H groups in total. The largest absolute Gasteiger partial charge is 0.312 e. The van der Waals surface area contributed by atoms with Crippen LogP contribution in [0.3, 0.4) is 0 Å². The van der Waals surface area contributed by atoms with E-state index >= 15 is 0 Å². The summed E-state index contributed by atoms with van der Waals surface area (Å²) in [5, 5.41) is 4.78. The van der Waals surface area contributed by atoms with Crippen molar-refractivity contribution in [3.8, 4) is 0 Å². The summed E-state index contributed by atoms with van der Waals surface area (Å²) in [6.45, 7) is 3.76. The van der Waals surface area contributed by atoms with Gasteiger partial charge in [-0.05, 0) is 19.0 Å². The third-order valence-electron chi connectivity index (χ3n) is 3.33. The molecule has 6 nitrogen and oxygen atoms in total. The van der Waals surface area contributed by atoms with Gasteiger partial charge in [-0.2, -0.15) is 4.31 Å². The van der Waals surface area contributed by atoms with Gasteiger partial charge in [0, 0.05) is 29.9 Å². The van der Waals surface area contributed by atoms with Crippen LogP contribution in [0.5, 0.6) is 0 Å². The van der Waals surface area contributed by atoms with Crippen LogP contribution < -0.4 is 5.32 Å². The summed E-state index contributed by atoms with van der Waals surface area (Å²) < 4.78 is 49.5. The Bertz CT molecular complexity index is 679. The molecule has 1 aliphatic heterocycles. The third kappa shape index (κ3) is 4.26. The Morgan fingerprint density at radius 2 is 2.10 bits per heavy atom. The first kappa shape index (κ1) is 16.9. The molecule has 9 heteroatoms. The molecule has 0 amide bonds. The maximum absolute atomic E-state index is 12.6. The van der Waals surface area contributed by atoms with Crippen LogP contribution in [-0.2, 0) is 26.4 Å². The summed E-state index contributed by atoms with van der Waals surface area (Å²) >= 11 is 1.40. The Kier molecular flexibility index (Phi) is 5.42. The van der Waals surface area contributed by atoms with Crippen LogP contribution in [0.2, 0.25) is 0 Å². The highest BCUT2D eigenvalue weighted by atomic mass is 32.2. The van der Waals surface area contributed by atoms with E-state index in [2.05, 4.69) is 5.32 Å². The lowest BCUT2D eigenvalue weighted by Crippen LogP contribution is -2.33. The first-order valence-electron chi connectivity index (χ1n) is 6.84. The summed E-state index contributed by atoms with van der Waals surface area (Å²) in [6.07, 6.45) is 0.357. The van der Waals surface area contributed by atoms with Crippen molar-refractivity contribution in [1.82, 2.24) is 9.62 Å². The van der Waals surface area contributed by atoms with E-state index in [0.717, 1.165) is 11.4 Å². The Hall–Kier alpha value is -0.480. The minimum absolute atomic E-state index is 0.0447. The molecule has 1 aromatic rings. The average molecular weight is 353 g/mol. The van der Waals surface area contributed by atoms with Gasteiger partial charge in [-0.1, -0.05) is 6.92 Å². The molecule has 1 aliphatic rings. The second kappa shape index (κ2) is 6.74. The summed E-state index contributed by atoms with van der Waals surface area (Å²) in [5.41, 5.74) is 0. The van der Waals surface area contributed by atoms with Gasteiger partial charge in [-0.15, -0.1) is 11.3 Å². The van der Waals surface area contributed by atoms with Gasteiger partial charge in [0.1, 0.15) is 0 Å². The van der Waals surface area contributed by atoms with Crippen molar-refractivity contribution < 1.29 is 16.8 Å². The van der Waals surface area contributed by atoms with Crippen molar-refractivity contribution in [3.63, 3.8) is 0 Å². The number of rotatable bonds is 5. The molecular formula is C12H20N2O4S3. The minimum atomic E-state index is -3.59. The van der Waals surface area contributed by atoms with Crippen molar-refractivity contribution in [2.24, 2.45) is 0 Å². The zero-order chi connectivity index (χ0) is 15.5. The van der Waals surface area contributed by atoms with Gasteiger partial charge >= 0.3 is 0 Å². The van der Waals surface area contributed by atoms with Crippen molar-refractivity contribution in [2.75, 3.05) is 31.1 Å². The van der Waals surface area contributed by atoms with Crippen LogP contribution in [0.15, 0.2) is 16.3 Å². The monoisotopic (exact) mass is 352 g/mol. The molecular weight excluding hydrogens is 332 g/mol. The quantitative estimate of drug-likeness (QED) is 0.842. The van der Waals surface area contributed by atoms with Crippen LogP contribution in [0.4, 0.5) is 0 Å². The lowest BCUT2D eigenvalue weighted by Gasteiger charge is -2.18. The van der Waals surface area contributed by atoms with Crippen LogP contribution >= 0.6 is 11.3 Å². The Morgan fingerprint density at radius 1 is 1.33 bits per heavy atom. The molecule has 0 radical (unpaired) electrons. The molecule has 120 valence electrons. The number of nitrogens with one attached hydrogen (secondary N) is 1. The highest BCUT2D eigenvalue weighted by molar-refractivity contribution is 7.91. The average Bonchev–Trinajstić information content (AvgIpc) is 2.81. The van der Waals surface area contributed by atoms with Gasteiger partial charge in [0.05, 0.1) is 16.4 Å². The fraction of sp³-hybridized carbons (Fsp3) is 0.667. The molecule has 0 unspecified atom stereocenters. The van der Waals surface area contributed by atoms with E-state index in [9.17, 15) is 16.8 Å². The van der Waals surface area contributed by atoms with E-state index in [0.29, 0.717) is 13.0 Å². The summed E-state index contributed by atoms with van der Waals surface area (Å²) in [4.78, 5) is 1.22. The van der Waals surface area contributed by atoms with Crippen LogP contribution in [-0.4, -0.2) is 52.3 Å². The maximum atomic E-state index is 12.6. The summed E-state index contributed by atoms with van der Waals surface area (Å²) in [7, 11) is -6.70. The Labute approximate surface area is 130 Å². The van der Waals surface area contributed by atoms with Crippen LogP contribution in [0.25, 0.3) is 0 Å². The topological polar surface area (TPSA) is 83.6 Å². The molecule has 1 aromatic heterocycles. The first-order chi connectivity index (χ1) is 9.85. The fourth-order valence-electron chi connectivity index (χ4n) is 2.14. The molecule has 0 aromatic carbocycles. The van der Waals surface area contributed by atoms with E-state index in [1.807, 2.05) is 6.92 Å². The van der Waals surface area contributed by atoms with Gasteiger partial charge in [0.2, 0.25) is 10.0 Å². The Morgan fingerprint density at radius 3 is 2.81 bits per heavy atom. The van der Waals surface area contributed by atoms with E-state index in [1.54, 1.807) is 11.4 Å². The number of hydrogen-bond donors (Lipinski definition) is 1. The molecule has 2 rings (SSSR count). The number of sulfonamides is 1. The summed E-state index contributed by atoms with van der Waals surface area (Å²) in [5.74, 6) is -0.0328. The highest BCUT2D eigenvalue weighted by Gasteiger charge is 2.29. The predicted octanol–water partition coefficient (Wildman–Crippen LogP) is 0.667. The highest BCUT2D eigenvalue weighted by Crippen LogP contribution is 2.24. The van der Waals surface area contributed by atoms with Gasteiger partial charge in [0.25, 0.3) is 0 Å². The standard InChI is InChI=1S/C12H20N2O4S3/c1-2-13-9-11-8-12(10-19-11)21(17,18)14-4-3-6-20(15,16)7-5-14/h8,10,13H,2-7,9H2,1H3. The predicted molar refractivity (Wildman–Crippen MR) is 83.7 cm³/mol. The summed E-state index contributed by atoms with van der Waals surface area (Å²) in [6, 6.07) is 1.67. The first-order valence-corrected chi connectivity index (χ1v) is 11.0. The van der Waals surface area contributed by atoms with Gasteiger partial charge < -0.3 is 5.32 Å². The Balaban J connectivity index is 2.15. The molecule has 0 atom stereocenters. The molecule has 1 fully saturated rings. The molecule has 0 aliphatic carbocycles. The number of hydrogen-bond acceptors (Lipinski definition) is 6. The normalized spacial score (nSPS) is 20.2. The molecule has 0 bridgehead atoms. The minimum Gasteiger partial charge on any atom is -0.312 e. The molecule has 0 spiro atoms. The second-order valence-corrected chi connectivity index (χ2v) is 10.2. The zero-order valence-corrected chi connectivity index (χ0v) is 14.4. The molecule has 2 heterocycles. The van der Waals surface area contributed by atoms with Crippen molar-refractivity contribution in [3.05, 3.63) is 16.3 Å². The van der Waals surface area contributed by atoms with Crippen molar-refractivity contribution >= 4 is 31.2 Å². The van der Waals surface area contributed by atoms with Gasteiger partial charge in [-0.25, -0.2) is 16.8 Å². The van der Waals surface area contributed by atoms with Gasteiger partial charge in [-0.3, -0.25) is 0 Å². The molecule has 1 saturated heterocycles. The van der Waals surface area contributed by atoms with Crippen molar-refractivity contribution in [2.45, 2.75) is 24.8 Å². The second-order valence-electron chi connectivity index (χ2n) is 4.94. The number of sulfone groups is 1. The zero-order valence-electron chi connectivity index (χ0n) is 11.9.